The molecule has 114 valence electrons. The van der Waals surface area contributed by atoms with Gasteiger partial charge >= 0.3 is 0 Å². The standard InChI is InChI=1S/C14H13N3O3S2/c1-8(18)22-11-6-12(19)17(7-11)10-4-2-9(3-5-10)13-15-16-14(21)20-13/h2-5,11H,6-7H2,1H3,(H,16,21). The zero-order chi connectivity index (χ0) is 15.7. The largest absolute Gasteiger partial charge is 0.409 e. The van der Waals surface area contributed by atoms with Gasteiger partial charge in [-0.2, -0.15) is 0 Å². The smallest absolute Gasteiger partial charge is 0.284 e. The van der Waals surface area contributed by atoms with Crippen molar-refractivity contribution in [1.29, 1.82) is 0 Å². The van der Waals surface area contributed by atoms with Gasteiger partial charge in [-0.05, 0) is 36.5 Å². The Hall–Kier alpha value is -1.93. The van der Waals surface area contributed by atoms with Crippen molar-refractivity contribution < 1.29 is 14.0 Å². The lowest BCUT2D eigenvalue weighted by atomic mass is 10.2. The number of amides is 1. The lowest BCUT2D eigenvalue weighted by Gasteiger charge is -2.16. The number of hydrogen-bond donors (Lipinski definition) is 1. The van der Waals surface area contributed by atoms with E-state index in [1.165, 1.54) is 18.7 Å². The van der Waals surface area contributed by atoms with Crippen molar-refractivity contribution in [1.82, 2.24) is 10.2 Å². The minimum atomic E-state index is 0.0220. The molecule has 1 aromatic heterocycles. The predicted molar refractivity (Wildman–Crippen MR) is 86.2 cm³/mol. The number of rotatable bonds is 3. The molecule has 1 aliphatic heterocycles. The van der Waals surface area contributed by atoms with E-state index in [2.05, 4.69) is 10.2 Å². The maximum atomic E-state index is 12.1. The molecule has 1 unspecified atom stereocenters. The van der Waals surface area contributed by atoms with Crippen LogP contribution in [0.5, 0.6) is 0 Å². The van der Waals surface area contributed by atoms with Crippen LogP contribution in [0.3, 0.4) is 0 Å². The minimum absolute atomic E-state index is 0.0220. The van der Waals surface area contributed by atoms with Gasteiger partial charge in [-0.1, -0.05) is 11.8 Å². The van der Waals surface area contributed by atoms with Crippen LogP contribution in [-0.4, -0.2) is 33.0 Å². The molecule has 1 aliphatic rings. The Kier molecular flexibility index (Phi) is 4.12. The van der Waals surface area contributed by atoms with E-state index in [0.29, 0.717) is 18.9 Å². The first kappa shape index (κ1) is 15.0. The van der Waals surface area contributed by atoms with Gasteiger partial charge in [0.1, 0.15) is 0 Å². The van der Waals surface area contributed by atoms with Crippen LogP contribution >= 0.6 is 24.0 Å². The highest BCUT2D eigenvalue weighted by Gasteiger charge is 2.31. The molecule has 1 saturated heterocycles. The number of thioether (sulfide) groups is 1. The number of carbonyl (C=O) groups is 2. The van der Waals surface area contributed by atoms with Gasteiger partial charge in [0.25, 0.3) is 4.84 Å². The van der Waals surface area contributed by atoms with E-state index in [4.69, 9.17) is 16.6 Å². The zero-order valence-electron chi connectivity index (χ0n) is 11.7. The molecule has 1 fully saturated rings. The number of hydrogen-bond acceptors (Lipinski definition) is 6. The predicted octanol–water partition coefficient (Wildman–Crippen LogP) is 2.78. The molecule has 2 aromatic rings. The summed E-state index contributed by atoms with van der Waals surface area (Å²) in [4.78, 5) is 25.2. The number of nitrogens with zero attached hydrogens (tertiary/aromatic N) is 2. The van der Waals surface area contributed by atoms with E-state index in [-0.39, 0.29) is 21.1 Å². The van der Waals surface area contributed by atoms with E-state index in [9.17, 15) is 9.59 Å². The number of nitrogens with one attached hydrogen (secondary N) is 1. The summed E-state index contributed by atoms with van der Waals surface area (Å²) in [6.07, 6.45) is 0.389. The third kappa shape index (κ3) is 3.12. The molecule has 3 rings (SSSR count). The van der Waals surface area contributed by atoms with Gasteiger partial charge < -0.3 is 9.32 Å². The molecular weight excluding hydrogens is 322 g/mol. The Morgan fingerprint density at radius 1 is 1.45 bits per heavy atom. The molecular formula is C14H13N3O3S2. The van der Waals surface area contributed by atoms with Crippen molar-refractivity contribution >= 4 is 40.7 Å². The molecule has 22 heavy (non-hydrogen) atoms. The Bertz CT molecular complexity index is 766. The van der Waals surface area contributed by atoms with Gasteiger partial charge in [0.2, 0.25) is 11.8 Å². The third-order valence-electron chi connectivity index (χ3n) is 3.29. The van der Waals surface area contributed by atoms with Crippen LogP contribution in [0, 0.1) is 4.84 Å². The lowest BCUT2D eigenvalue weighted by Crippen LogP contribution is -2.24. The fourth-order valence-electron chi connectivity index (χ4n) is 2.38. The average molecular weight is 335 g/mol. The van der Waals surface area contributed by atoms with Crippen LogP contribution in [0.15, 0.2) is 28.7 Å². The van der Waals surface area contributed by atoms with Crippen LogP contribution in [-0.2, 0) is 9.59 Å². The summed E-state index contributed by atoms with van der Waals surface area (Å²) >= 11 is 6.07. The minimum Gasteiger partial charge on any atom is -0.409 e. The van der Waals surface area contributed by atoms with E-state index in [1.54, 1.807) is 4.90 Å². The quantitative estimate of drug-likeness (QED) is 0.869. The van der Waals surface area contributed by atoms with Gasteiger partial charge in [0.15, 0.2) is 5.12 Å². The second-order valence-electron chi connectivity index (χ2n) is 4.91. The van der Waals surface area contributed by atoms with Gasteiger partial charge in [0.05, 0.1) is 0 Å². The third-order valence-corrected chi connectivity index (χ3v) is 4.44. The van der Waals surface area contributed by atoms with Crippen LogP contribution < -0.4 is 4.90 Å². The Labute approximate surface area is 135 Å². The van der Waals surface area contributed by atoms with Gasteiger partial charge in [-0.15, -0.1) is 5.10 Å². The number of aromatic nitrogens is 2. The Balaban J connectivity index is 1.77. The molecule has 0 radical (unpaired) electrons. The van der Waals surface area contributed by atoms with Gasteiger partial charge in [-0.25, -0.2) is 5.10 Å². The van der Waals surface area contributed by atoms with Crippen molar-refractivity contribution in [2.45, 2.75) is 18.6 Å². The normalized spacial score (nSPS) is 18.0. The van der Waals surface area contributed by atoms with Crippen molar-refractivity contribution in [2.24, 2.45) is 0 Å². The fraction of sp³-hybridized carbons (Fsp3) is 0.286. The molecule has 0 bridgehead atoms. The van der Waals surface area contributed by atoms with E-state index < -0.39 is 0 Å². The van der Waals surface area contributed by atoms with E-state index in [0.717, 1.165) is 11.3 Å². The summed E-state index contributed by atoms with van der Waals surface area (Å²) in [6, 6.07) is 7.31. The van der Waals surface area contributed by atoms with Crippen molar-refractivity contribution in [3.05, 3.63) is 29.1 Å². The lowest BCUT2D eigenvalue weighted by molar-refractivity contribution is -0.117. The molecule has 1 atom stereocenters. The first-order valence-electron chi connectivity index (χ1n) is 6.66. The molecule has 1 N–H and O–H groups in total. The van der Waals surface area contributed by atoms with E-state index >= 15 is 0 Å². The van der Waals surface area contributed by atoms with E-state index in [1.807, 2.05) is 24.3 Å². The van der Waals surface area contributed by atoms with Crippen LogP contribution in [0.2, 0.25) is 0 Å². The van der Waals surface area contributed by atoms with Crippen LogP contribution in [0.4, 0.5) is 5.69 Å². The number of carbonyl (C=O) groups excluding carboxylic acids is 2. The highest BCUT2D eigenvalue weighted by atomic mass is 32.2. The summed E-state index contributed by atoms with van der Waals surface area (Å²) in [5.41, 5.74) is 1.58. The summed E-state index contributed by atoms with van der Waals surface area (Å²) in [5, 5.41) is 6.58. The molecule has 0 saturated carbocycles. The molecule has 2 heterocycles. The highest BCUT2D eigenvalue weighted by Crippen LogP contribution is 2.29. The zero-order valence-corrected chi connectivity index (χ0v) is 13.4. The summed E-state index contributed by atoms with van der Waals surface area (Å²) in [5.74, 6) is 0.443. The summed E-state index contributed by atoms with van der Waals surface area (Å²) < 4.78 is 5.24. The molecule has 1 amide bonds. The Morgan fingerprint density at radius 2 is 2.18 bits per heavy atom. The summed E-state index contributed by atoms with van der Waals surface area (Å²) in [6.45, 7) is 2.07. The van der Waals surface area contributed by atoms with Crippen molar-refractivity contribution in [3.63, 3.8) is 0 Å². The molecule has 6 nitrogen and oxygen atoms in total. The second kappa shape index (κ2) is 6.05. The maximum absolute atomic E-state index is 12.1. The topological polar surface area (TPSA) is 79.2 Å². The maximum Gasteiger partial charge on any atom is 0.284 e. The highest BCUT2D eigenvalue weighted by molar-refractivity contribution is 8.14. The molecule has 0 aliphatic carbocycles. The first-order chi connectivity index (χ1) is 10.5. The SMILES string of the molecule is CC(=O)SC1CC(=O)N(c2ccc(-c3n[nH]c(=S)o3)cc2)C1. The van der Waals surface area contributed by atoms with Crippen LogP contribution in [0.1, 0.15) is 13.3 Å². The Morgan fingerprint density at radius 3 is 2.77 bits per heavy atom. The second-order valence-corrected chi connectivity index (χ2v) is 6.75. The first-order valence-corrected chi connectivity index (χ1v) is 7.95. The average Bonchev–Trinajstić information content (AvgIpc) is 3.05. The van der Waals surface area contributed by atoms with Crippen LogP contribution in [0.25, 0.3) is 11.5 Å². The molecule has 1 aromatic carbocycles. The van der Waals surface area contributed by atoms with Gasteiger partial charge in [-0.3, -0.25) is 9.59 Å². The molecule has 8 heteroatoms. The van der Waals surface area contributed by atoms with Crippen molar-refractivity contribution in [2.75, 3.05) is 11.4 Å². The number of aromatic amines is 1. The van der Waals surface area contributed by atoms with Crippen molar-refractivity contribution in [3.8, 4) is 11.5 Å². The summed E-state index contributed by atoms with van der Waals surface area (Å²) in [7, 11) is 0. The van der Waals surface area contributed by atoms with Gasteiger partial charge in [0, 0.05) is 36.4 Å². The number of benzene rings is 1. The number of H-pyrrole nitrogens is 1. The fourth-order valence-corrected chi connectivity index (χ4v) is 3.42. The number of anilines is 1. The molecule has 0 spiro atoms. The monoisotopic (exact) mass is 335 g/mol.